The van der Waals surface area contributed by atoms with Gasteiger partial charge in [0.1, 0.15) is 0 Å². The van der Waals surface area contributed by atoms with Crippen LogP contribution in [-0.2, 0) is 14.3 Å². The van der Waals surface area contributed by atoms with E-state index < -0.39 is 12.1 Å². The normalized spacial score (nSPS) is 12.6. The van der Waals surface area contributed by atoms with Crippen molar-refractivity contribution in [2.75, 3.05) is 13.2 Å². The van der Waals surface area contributed by atoms with Crippen LogP contribution in [0.25, 0.3) is 0 Å². The van der Waals surface area contributed by atoms with E-state index in [9.17, 15) is 19.8 Å². The number of amides is 1. The molecular formula is C58H113NO5. The maximum atomic E-state index is 12.4. The zero-order chi connectivity index (χ0) is 46.5. The Labute approximate surface area is 399 Å². The minimum absolute atomic E-state index is 0.0138. The fourth-order valence-electron chi connectivity index (χ4n) is 9.11. The average Bonchev–Trinajstić information content (AvgIpc) is 3.29. The van der Waals surface area contributed by atoms with Crippen molar-refractivity contribution in [3.05, 3.63) is 12.2 Å². The SMILES string of the molecule is CCCCCCCCCCCCC/C=C/C(O)C(CO)NC(=O)CCCCCCCCCCCCCCCCCCCCCCCCCOC(=O)CCCCCCCCCCCCC. The highest BCUT2D eigenvalue weighted by molar-refractivity contribution is 5.76. The summed E-state index contributed by atoms with van der Waals surface area (Å²) in [7, 11) is 0. The third kappa shape index (κ3) is 50.0. The lowest BCUT2D eigenvalue weighted by molar-refractivity contribution is -0.143. The minimum atomic E-state index is -0.842. The second kappa shape index (κ2) is 54.2. The number of ether oxygens (including phenoxy) is 1. The molecule has 0 spiro atoms. The number of allylic oxidation sites excluding steroid dienone is 1. The molecule has 2 unspecified atom stereocenters. The summed E-state index contributed by atoms with van der Waals surface area (Å²) < 4.78 is 5.46. The predicted octanol–water partition coefficient (Wildman–Crippen LogP) is 17.7. The first-order chi connectivity index (χ1) is 31.5. The van der Waals surface area contributed by atoms with Crippen LogP contribution in [-0.4, -0.2) is 47.4 Å². The molecule has 0 radical (unpaired) electrons. The van der Waals surface area contributed by atoms with Gasteiger partial charge < -0.3 is 20.3 Å². The summed E-state index contributed by atoms with van der Waals surface area (Å²) in [6.07, 6.45) is 63.8. The number of carbonyl (C=O) groups excluding carboxylic acids is 2. The molecule has 0 saturated carbocycles. The van der Waals surface area contributed by atoms with E-state index in [2.05, 4.69) is 19.2 Å². The van der Waals surface area contributed by atoms with Crippen LogP contribution in [0.4, 0.5) is 0 Å². The van der Waals surface area contributed by atoms with Gasteiger partial charge in [0.2, 0.25) is 5.91 Å². The zero-order valence-corrected chi connectivity index (χ0v) is 43.3. The van der Waals surface area contributed by atoms with Crippen molar-refractivity contribution >= 4 is 11.9 Å². The first-order valence-electron chi connectivity index (χ1n) is 29.0. The van der Waals surface area contributed by atoms with Gasteiger partial charge in [-0.2, -0.15) is 0 Å². The topological polar surface area (TPSA) is 95.9 Å². The zero-order valence-electron chi connectivity index (χ0n) is 43.3. The summed E-state index contributed by atoms with van der Waals surface area (Å²) in [5.74, 6) is -0.0526. The number of aliphatic hydroxyl groups is 2. The van der Waals surface area contributed by atoms with E-state index in [4.69, 9.17) is 4.74 Å². The van der Waals surface area contributed by atoms with Crippen molar-refractivity contribution in [1.82, 2.24) is 5.32 Å². The molecule has 0 heterocycles. The predicted molar refractivity (Wildman–Crippen MR) is 278 cm³/mol. The Morgan fingerprint density at radius 2 is 0.719 bits per heavy atom. The van der Waals surface area contributed by atoms with Crippen LogP contribution >= 0.6 is 0 Å². The third-order valence-corrected chi connectivity index (χ3v) is 13.6. The lowest BCUT2D eigenvalue weighted by Gasteiger charge is -2.20. The summed E-state index contributed by atoms with van der Waals surface area (Å²) in [5, 5.41) is 23.1. The number of hydrogen-bond donors (Lipinski definition) is 3. The van der Waals surface area contributed by atoms with Crippen LogP contribution in [0, 0.1) is 0 Å². The number of rotatable bonds is 54. The molecule has 6 nitrogen and oxygen atoms in total. The highest BCUT2D eigenvalue weighted by atomic mass is 16.5. The van der Waals surface area contributed by atoms with Gasteiger partial charge in [-0.1, -0.05) is 289 Å². The second-order valence-electron chi connectivity index (χ2n) is 20.0. The van der Waals surface area contributed by atoms with Gasteiger partial charge in [-0.3, -0.25) is 9.59 Å². The summed E-state index contributed by atoms with van der Waals surface area (Å²) in [4.78, 5) is 24.4. The molecule has 0 aliphatic heterocycles. The molecule has 64 heavy (non-hydrogen) atoms. The Morgan fingerprint density at radius 3 is 1.06 bits per heavy atom. The number of unbranched alkanes of at least 4 members (excludes halogenated alkanes) is 43. The van der Waals surface area contributed by atoms with Crippen LogP contribution in [0.1, 0.15) is 322 Å². The average molecular weight is 905 g/mol. The molecule has 0 fully saturated rings. The number of esters is 1. The maximum absolute atomic E-state index is 12.4. The minimum Gasteiger partial charge on any atom is -0.466 e. The lowest BCUT2D eigenvalue weighted by Crippen LogP contribution is -2.45. The summed E-state index contributed by atoms with van der Waals surface area (Å²) in [5.41, 5.74) is 0. The van der Waals surface area contributed by atoms with E-state index >= 15 is 0 Å². The van der Waals surface area contributed by atoms with Gasteiger partial charge in [-0.05, 0) is 32.1 Å². The summed E-state index contributed by atoms with van der Waals surface area (Å²) in [6.45, 7) is 4.91. The molecule has 380 valence electrons. The van der Waals surface area contributed by atoms with Gasteiger partial charge in [0.25, 0.3) is 0 Å². The quantitative estimate of drug-likeness (QED) is 0.0321. The molecule has 0 aliphatic rings. The highest BCUT2D eigenvalue weighted by Gasteiger charge is 2.18. The van der Waals surface area contributed by atoms with Crippen molar-refractivity contribution in [2.45, 2.75) is 334 Å². The molecule has 0 aromatic rings. The van der Waals surface area contributed by atoms with Gasteiger partial charge in [-0.15, -0.1) is 0 Å². The van der Waals surface area contributed by atoms with Crippen molar-refractivity contribution in [3.63, 3.8) is 0 Å². The first kappa shape index (κ1) is 62.6. The summed E-state index contributed by atoms with van der Waals surface area (Å²) in [6, 6.07) is -0.625. The maximum Gasteiger partial charge on any atom is 0.305 e. The molecule has 0 aromatic carbocycles. The molecule has 2 atom stereocenters. The molecule has 0 aromatic heterocycles. The van der Waals surface area contributed by atoms with E-state index in [1.807, 2.05) is 6.08 Å². The van der Waals surface area contributed by atoms with Gasteiger partial charge in [0, 0.05) is 12.8 Å². The smallest absolute Gasteiger partial charge is 0.305 e. The monoisotopic (exact) mass is 904 g/mol. The molecule has 0 aliphatic carbocycles. The molecule has 3 N–H and O–H groups in total. The Kier molecular flexibility index (Phi) is 53.0. The standard InChI is InChI=1S/C58H113NO5/c1-3-5-7-9-11-13-15-27-31-34-38-42-46-50-56(61)55(54-60)59-57(62)51-47-43-39-35-32-28-25-23-21-19-17-16-18-20-22-24-26-29-33-37-41-45-49-53-64-58(63)52-48-44-40-36-30-14-12-10-8-6-4-2/h46,50,55-56,60-61H,3-45,47-49,51-54H2,1-2H3,(H,59,62)/b50-46+. The lowest BCUT2D eigenvalue weighted by atomic mass is 10.0. The molecular weight excluding hydrogens is 791 g/mol. The number of nitrogens with one attached hydrogen (secondary N) is 1. The fourth-order valence-corrected chi connectivity index (χ4v) is 9.11. The Bertz CT molecular complexity index is 955. The van der Waals surface area contributed by atoms with E-state index in [1.54, 1.807) is 6.08 Å². The van der Waals surface area contributed by atoms with Crippen molar-refractivity contribution in [1.29, 1.82) is 0 Å². The van der Waals surface area contributed by atoms with Crippen LogP contribution < -0.4 is 5.32 Å². The summed E-state index contributed by atoms with van der Waals surface area (Å²) >= 11 is 0. The largest absolute Gasteiger partial charge is 0.466 e. The molecule has 1 amide bonds. The van der Waals surface area contributed by atoms with Crippen LogP contribution in [0.3, 0.4) is 0 Å². The first-order valence-corrected chi connectivity index (χ1v) is 29.0. The number of hydrogen-bond acceptors (Lipinski definition) is 5. The van der Waals surface area contributed by atoms with Crippen molar-refractivity contribution in [3.8, 4) is 0 Å². The van der Waals surface area contributed by atoms with Crippen molar-refractivity contribution < 1.29 is 24.5 Å². The van der Waals surface area contributed by atoms with Gasteiger partial charge >= 0.3 is 5.97 Å². The second-order valence-corrected chi connectivity index (χ2v) is 20.0. The van der Waals surface area contributed by atoms with Gasteiger partial charge in [0.05, 0.1) is 25.4 Å². The van der Waals surface area contributed by atoms with Crippen LogP contribution in [0.5, 0.6) is 0 Å². The van der Waals surface area contributed by atoms with E-state index in [-0.39, 0.29) is 18.5 Å². The molecule has 6 heteroatoms. The Morgan fingerprint density at radius 1 is 0.422 bits per heavy atom. The fraction of sp³-hybridized carbons (Fsp3) is 0.931. The third-order valence-electron chi connectivity index (χ3n) is 13.6. The molecule has 0 bridgehead atoms. The van der Waals surface area contributed by atoms with Gasteiger partial charge in [0.15, 0.2) is 0 Å². The van der Waals surface area contributed by atoms with Crippen molar-refractivity contribution in [2.24, 2.45) is 0 Å². The number of carbonyl (C=O) groups is 2. The Balaban J connectivity index is 3.38. The Hall–Kier alpha value is -1.40. The van der Waals surface area contributed by atoms with E-state index in [1.165, 1.54) is 257 Å². The van der Waals surface area contributed by atoms with Crippen LogP contribution in [0.15, 0.2) is 12.2 Å². The molecule has 0 rings (SSSR count). The van der Waals surface area contributed by atoms with Crippen LogP contribution in [0.2, 0.25) is 0 Å². The van der Waals surface area contributed by atoms with E-state index in [0.29, 0.717) is 19.4 Å². The van der Waals surface area contributed by atoms with Gasteiger partial charge in [-0.25, -0.2) is 0 Å². The number of aliphatic hydroxyl groups excluding tert-OH is 2. The molecule has 0 saturated heterocycles. The van der Waals surface area contributed by atoms with E-state index in [0.717, 1.165) is 38.5 Å². The highest BCUT2D eigenvalue weighted by Crippen LogP contribution is 2.17.